The normalized spacial score (nSPS) is 13.5. The van der Waals surface area contributed by atoms with E-state index in [2.05, 4.69) is 5.32 Å². The zero-order valence-corrected chi connectivity index (χ0v) is 12.6. The molecule has 1 aromatic carbocycles. The highest BCUT2D eigenvalue weighted by Crippen LogP contribution is 2.24. The fourth-order valence-electron chi connectivity index (χ4n) is 2.69. The van der Waals surface area contributed by atoms with Crippen molar-refractivity contribution < 1.29 is 19.5 Å². The Balaban J connectivity index is 1.79. The topological polar surface area (TPSA) is 83.5 Å². The Bertz CT molecular complexity index is 580. The molecule has 0 unspecified atom stereocenters. The number of aliphatic carboxylic acids is 1. The summed E-state index contributed by atoms with van der Waals surface area (Å²) in [7, 11) is 0. The maximum atomic E-state index is 11.8. The van der Waals surface area contributed by atoms with Crippen LogP contribution in [0.2, 0.25) is 0 Å². The molecule has 0 spiro atoms. The molecule has 0 heterocycles. The Morgan fingerprint density at radius 1 is 1.09 bits per heavy atom. The third-order valence-corrected chi connectivity index (χ3v) is 3.83. The SMILES string of the molecule is O=C(O)CCCCCC(=O)Nc1ccc2c(c1)CCCC2=O. The van der Waals surface area contributed by atoms with Crippen LogP contribution in [0.3, 0.4) is 0 Å². The van der Waals surface area contributed by atoms with Crippen molar-refractivity contribution in [2.75, 3.05) is 5.32 Å². The zero-order valence-electron chi connectivity index (χ0n) is 12.6. The molecule has 22 heavy (non-hydrogen) atoms. The van der Waals surface area contributed by atoms with E-state index < -0.39 is 5.97 Å². The van der Waals surface area contributed by atoms with Crippen molar-refractivity contribution in [3.63, 3.8) is 0 Å². The van der Waals surface area contributed by atoms with Gasteiger partial charge in [0.1, 0.15) is 0 Å². The van der Waals surface area contributed by atoms with Crippen LogP contribution in [0.4, 0.5) is 5.69 Å². The minimum absolute atomic E-state index is 0.0718. The number of Topliss-reactive ketones (excluding diaryl/α,β-unsaturated/α-hetero) is 1. The zero-order chi connectivity index (χ0) is 15.9. The summed E-state index contributed by atoms with van der Waals surface area (Å²) in [4.78, 5) is 34.0. The summed E-state index contributed by atoms with van der Waals surface area (Å²) in [5, 5.41) is 11.4. The third kappa shape index (κ3) is 4.69. The maximum absolute atomic E-state index is 11.8. The number of aryl methyl sites for hydroxylation is 1. The number of hydrogen-bond donors (Lipinski definition) is 2. The molecular weight excluding hydrogens is 282 g/mol. The molecule has 0 saturated heterocycles. The Kier molecular flexibility index (Phi) is 5.69. The Morgan fingerprint density at radius 3 is 2.64 bits per heavy atom. The summed E-state index contributed by atoms with van der Waals surface area (Å²) < 4.78 is 0. The molecule has 5 nitrogen and oxygen atoms in total. The monoisotopic (exact) mass is 303 g/mol. The minimum Gasteiger partial charge on any atom is -0.481 e. The van der Waals surface area contributed by atoms with E-state index >= 15 is 0 Å². The molecule has 1 aromatic rings. The molecule has 5 heteroatoms. The van der Waals surface area contributed by atoms with Gasteiger partial charge in [-0.3, -0.25) is 14.4 Å². The second-order valence-corrected chi connectivity index (χ2v) is 5.65. The molecule has 1 aliphatic carbocycles. The van der Waals surface area contributed by atoms with Crippen LogP contribution in [0.25, 0.3) is 0 Å². The lowest BCUT2D eigenvalue weighted by molar-refractivity contribution is -0.137. The molecule has 0 saturated carbocycles. The smallest absolute Gasteiger partial charge is 0.303 e. The van der Waals surface area contributed by atoms with Crippen LogP contribution in [0.15, 0.2) is 18.2 Å². The third-order valence-electron chi connectivity index (χ3n) is 3.83. The van der Waals surface area contributed by atoms with Crippen molar-refractivity contribution in [2.24, 2.45) is 0 Å². The summed E-state index contributed by atoms with van der Waals surface area (Å²) in [6, 6.07) is 5.44. The maximum Gasteiger partial charge on any atom is 0.303 e. The number of carbonyl (C=O) groups excluding carboxylic acids is 2. The van der Waals surface area contributed by atoms with E-state index in [9.17, 15) is 14.4 Å². The summed E-state index contributed by atoms with van der Waals surface area (Å²) in [6.07, 6.45) is 4.91. The van der Waals surface area contributed by atoms with Gasteiger partial charge in [-0.2, -0.15) is 0 Å². The van der Waals surface area contributed by atoms with E-state index in [4.69, 9.17) is 5.11 Å². The first-order valence-corrected chi connectivity index (χ1v) is 7.74. The molecule has 0 fully saturated rings. The number of carboxylic acids is 1. The van der Waals surface area contributed by atoms with E-state index in [1.165, 1.54) is 0 Å². The molecule has 2 N–H and O–H groups in total. The van der Waals surface area contributed by atoms with Crippen LogP contribution < -0.4 is 5.32 Å². The molecule has 0 bridgehead atoms. The average Bonchev–Trinajstić information content (AvgIpc) is 2.46. The first kappa shape index (κ1) is 16.2. The van der Waals surface area contributed by atoms with E-state index in [1.807, 2.05) is 6.07 Å². The van der Waals surface area contributed by atoms with Gasteiger partial charge in [0.25, 0.3) is 0 Å². The molecule has 0 aromatic heterocycles. The number of fused-ring (bicyclic) bond motifs is 1. The molecule has 2 rings (SSSR count). The average molecular weight is 303 g/mol. The van der Waals surface area contributed by atoms with Crippen molar-refractivity contribution in [2.45, 2.75) is 51.4 Å². The molecule has 1 amide bonds. The predicted molar refractivity (Wildman–Crippen MR) is 83.1 cm³/mol. The number of hydrogen-bond acceptors (Lipinski definition) is 3. The standard InChI is InChI=1S/C17H21NO4/c19-15-6-4-5-12-11-13(9-10-14(12)15)18-16(20)7-2-1-3-8-17(21)22/h9-11H,1-8H2,(H,18,20)(H,21,22). The number of ketones is 1. The summed E-state index contributed by atoms with van der Waals surface area (Å²) in [5.74, 6) is -0.692. The highest BCUT2D eigenvalue weighted by molar-refractivity contribution is 5.99. The molecule has 1 aliphatic rings. The van der Waals surface area contributed by atoms with Crippen molar-refractivity contribution in [3.8, 4) is 0 Å². The highest BCUT2D eigenvalue weighted by Gasteiger charge is 2.17. The lowest BCUT2D eigenvalue weighted by atomic mass is 9.90. The number of amides is 1. The van der Waals surface area contributed by atoms with Crippen LogP contribution in [-0.2, 0) is 16.0 Å². The van der Waals surface area contributed by atoms with Gasteiger partial charge < -0.3 is 10.4 Å². The fourth-order valence-corrected chi connectivity index (χ4v) is 2.69. The van der Waals surface area contributed by atoms with Crippen molar-refractivity contribution >= 4 is 23.3 Å². The minimum atomic E-state index is -0.798. The van der Waals surface area contributed by atoms with E-state index in [0.29, 0.717) is 25.7 Å². The van der Waals surface area contributed by atoms with Crippen LogP contribution >= 0.6 is 0 Å². The fraction of sp³-hybridized carbons (Fsp3) is 0.471. The number of carboxylic acid groups (broad SMARTS) is 1. The number of unbranched alkanes of at least 4 members (excludes halogenated alkanes) is 2. The number of rotatable bonds is 7. The summed E-state index contributed by atoms with van der Waals surface area (Å²) >= 11 is 0. The first-order chi connectivity index (χ1) is 10.6. The predicted octanol–water partition coefficient (Wildman–Crippen LogP) is 3.18. The molecule has 0 aliphatic heterocycles. The van der Waals surface area contributed by atoms with Gasteiger partial charge in [0.2, 0.25) is 5.91 Å². The molecule has 0 atom stereocenters. The van der Waals surface area contributed by atoms with Crippen LogP contribution in [0.5, 0.6) is 0 Å². The van der Waals surface area contributed by atoms with Crippen LogP contribution in [0, 0.1) is 0 Å². The van der Waals surface area contributed by atoms with Crippen LogP contribution in [-0.4, -0.2) is 22.8 Å². The van der Waals surface area contributed by atoms with Gasteiger partial charge in [-0.25, -0.2) is 0 Å². The summed E-state index contributed by atoms with van der Waals surface area (Å²) in [6.45, 7) is 0. The van der Waals surface area contributed by atoms with E-state index in [0.717, 1.165) is 36.1 Å². The Morgan fingerprint density at radius 2 is 1.86 bits per heavy atom. The molecule has 118 valence electrons. The van der Waals surface area contributed by atoms with Gasteiger partial charge in [-0.1, -0.05) is 6.42 Å². The van der Waals surface area contributed by atoms with Gasteiger partial charge in [0, 0.05) is 30.5 Å². The van der Waals surface area contributed by atoms with Gasteiger partial charge in [0.05, 0.1) is 0 Å². The van der Waals surface area contributed by atoms with Gasteiger partial charge >= 0.3 is 5.97 Å². The highest BCUT2D eigenvalue weighted by atomic mass is 16.4. The molecular formula is C17H21NO4. The van der Waals surface area contributed by atoms with Gasteiger partial charge in [-0.05, 0) is 49.4 Å². The van der Waals surface area contributed by atoms with Gasteiger partial charge in [-0.15, -0.1) is 0 Å². The Labute approximate surface area is 129 Å². The van der Waals surface area contributed by atoms with Crippen molar-refractivity contribution in [1.82, 2.24) is 0 Å². The second kappa shape index (κ2) is 7.73. The number of nitrogens with one attached hydrogen (secondary N) is 1. The first-order valence-electron chi connectivity index (χ1n) is 7.74. The van der Waals surface area contributed by atoms with E-state index in [-0.39, 0.29) is 18.1 Å². The quantitative estimate of drug-likeness (QED) is 0.758. The number of benzene rings is 1. The second-order valence-electron chi connectivity index (χ2n) is 5.65. The Hall–Kier alpha value is -2.17. The molecule has 0 radical (unpaired) electrons. The largest absolute Gasteiger partial charge is 0.481 e. The van der Waals surface area contributed by atoms with E-state index in [1.54, 1.807) is 12.1 Å². The number of carbonyl (C=O) groups is 3. The lowest BCUT2D eigenvalue weighted by Gasteiger charge is -2.16. The van der Waals surface area contributed by atoms with Crippen molar-refractivity contribution in [3.05, 3.63) is 29.3 Å². The van der Waals surface area contributed by atoms with Gasteiger partial charge in [0.15, 0.2) is 5.78 Å². The van der Waals surface area contributed by atoms with Crippen LogP contribution in [0.1, 0.15) is 60.9 Å². The summed E-state index contributed by atoms with van der Waals surface area (Å²) in [5.41, 5.74) is 2.51. The lowest BCUT2D eigenvalue weighted by Crippen LogP contribution is -2.14. The van der Waals surface area contributed by atoms with Crippen molar-refractivity contribution in [1.29, 1.82) is 0 Å². The number of anilines is 1.